The first-order valence-corrected chi connectivity index (χ1v) is 6.52. The number of carbonyl (C=O) groups excluding carboxylic acids is 1. The zero-order chi connectivity index (χ0) is 14.5. The number of rotatable bonds is 3. The summed E-state index contributed by atoms with van der Waals surface area (Å²) in [5.74, 6) is -0.215. The fraction of sp³-hybridized carbons (Fsp3) is 0.500. The van der Waals surface area contributed by atoms with E-state index >= 15 is 0 Å². The number of amides is 2. The van der Waals surface area contributed by atoms with Crippen LogP contribution in [0.1, 0.15) is 5.56 Å². The van der Waals surface area contributed by atoms with Crippen LogP contribution < -0.4 is 4.74 Å². The third-order valence-corrected chi connectivity index (χ3v) is 3.24. The lowest BCUT2D eigenvalue weighted by Gasteiger charge is -2.31. The van der Waals surface area contributed by atoms with Crippen LogP contribution in [0.25, 0.3) is 0 Å². The monoisotopic (exact) mass is 282 g/mol. The molecule has 1 aliphatic rings. The summed E-state index contributed by atoms with van der Waals surface area (Å²) >= 11 is 0. The molecule has 110 valence electrons. The van der Waals surface area contributed by atoms with Crippen molar-refractivity contribution >= 4 is 6.03 Å². The lowest BCUT2D eigenvalue weighted by Crippen LogP contribution is -2.46. The van der Waals surface area contributed by atoms with Gasteiger partial charge in [-0.25, -0.2) is 9.18 Å². The van der Waals surface area contributed by atoms with E-state index in [0.717, 1.165) is 5.56 Å². The highest BCUT2D eigenvalue weighted by molar-refractivity contribution is 5.74. The Bertz CT molecular complexity index is 475. The summed E-state index contributed by atoms with van der Waals surface area (Å²) < 4.78 is 23.7. The average Bonchev–Trinajstić information content (AvgIpc) is 2.47. The number of hydrogen-bond acceptors (Lipinski definition) is 3. The number of morpholine rings is 1. The second-order valence-electron chi connectivity index (χ2n) is 4.71. The van der Waals surface area contributed by atoms with Gasteiger partial charge in [0.25, 0.3) is 0 Å². The first-order valence-electron chi connectivity index (χ1n) is 6.52. The third kappa shape index (κ3) is 3.39. The minimum Gasteiger partial charge on any atom is -0.494 e. The third-order valence-electron chi connectivity index (χ3n) is 3.24. The first-order chi connectivity index (χ1) is 9.61. The van der Waals surface area contributed by atoms with Crippen LogP contribution in [0.5, 0.6) is 5.75 Å². The molecule has 1 aromatic carbocycles. The van der Waals surface area contributed by atoms with Crippen LogP contribution in [0.4, 0.5) is 9.18 Å². The van der Waals surface area contributed by atoms with Gasteiger partial charge in [0.1, 0.15) is 0 Å². The maximum atomic E-state index is 13.6. The van der Waals surface area contributed by atoms with E-state index in [9.17, 15) is 9.18 Å². The Kier molecular flexibility index (Phi) is 4.79. The van der Waals surface area contributed by atoms with Crippen LogP contribution in [0.2, 0.25) is 0 Å². The molecule has 2 rings (SSSR count). The standard InChI is InChI=1S/C14H19FN2O3/c1-16(14(18)17-5-7-20-8-6-17)10-11-3-4-13(19-2)12(15)9-11/h3-4,9H,5-8,10H2,1-2H3. The fourth-order valence-electron chi connectivity index (χ4n) is 2.15. The van der Waals surface area contributed by atoms with Crippen molar-refractivity contribution in [2.24, 2.45) is 0 Å². The molecular formula is C14H19FN2O3. The highest BCUT2D eigenvalue weighted by Gasteiger charge is 2.20. The molecule has 20 heavy (non-hydrogen) atoms. The minimum absolute atomic E-state index is 0.0653. The Labute approximate surface area is 117 Å². The second-order valence-corrected chi connectivity index (χ2v) is 4.71. The number of methoxy groups -OCH3 is 1. The van der Waals surface area contributed by atoms with Gasteiger partial charge in [-0.05, 0) is 17.7 Å². The molecular weight excluding hydrogens is 263 g/mol. The molecule has 0 saturated carbocycles. The molecule has 0 aromatic heterocycles. The van der Waals surface area contributed by atoms with E-state index < -0.39 is 5.82 Å². The van der Waals surface area contributed by atoms with Crippen molar-refractivity contribution in [1.29, 1.82) is 0 Å². The maximum absolute atomic E-state index is 13.6. The number of hydrogen-bond donors (Lipinski definition) is 0. The summed E-state index contributed by atoms with van der Waals surface area (Å²) in [6.45, 7) is 2.69. The van der Waals surface area contributed by atoms with Gasteiger partial charge in [0, 0.05) is 26.7 Å². The van der Waals surface area contributed by atoms with E-state index in [2.05, 4.69) is 0 Å². The molecule has 2 amide bonds. The van der Waals surface area contributed by atoms with Crippen LogP contribution in [0, 0.1) is 5.82 Å². The lowest BCUT2D eigenvalue weighted by atomic mass is 10.2. The molecule has 1 aliphatic heterocycles. The Morgan fingerprint density at radius 1 is 1.45 bits per heavy atom. The smallest absolute Gasteiger partial charge is 0.320 e. The molecule has 0 radical (unpaired) electrons. The summed E-state index contributed by atoms with van der Waals surface area (Å²) in [6, 6.07) is 4.65. The molecule has 6 heteroatoms. The molecule has 0 aliphatic carbocycles. The van der Waals surface area contributed by atoms with Gasteiger partial charge in [-0.2, -0.15) is 0 Å². The molecule has 5 nitrogen and oxygen atoms in total. The van der Waals surface area contributed by atoms with E-state index in [1.807, 2.05) is 0 Å². The zero-order valence-corrected chi connectivity index (χ0v) is 11.8. The Morgan fingerprint density at radius 2 is 2.15 bits per heavy atom. The molecule has 1 saturated heterocycles. The van der Waals surface area contributed by atoms with Gasteiger partial charge in [-0.3, -0.25) is 0 Å². The Morgan fingerprint density at radius 3 is 2.75 bits per heavy atom. The van der Waals surface area contributed by atoms with E-state index in [0.29, 0.717) is 32.8 Å². The molecule has 1 aromatic rings. The van der Waals surface area contributed by atoms with Crippen molar-refractivity contribution in [3.8, 4) is 5.75 Å². The van der Waals surface area contributed by atoms with Crippen LogP contribution in [0.3, 0.4) is 0 Å². The van der Waals surface area contributed by atoms with Gasteiger partial charge in [0.2, 0.25) is 0 Å². The van der Waals surface area contributed by atoms with Crippen molar-refractivity contribution in [2.75, 3.05) is 40.5 Å². The SMILES string of the molecule is COc1ccc(CN(C)C(=O)N2CCOCC2)cc1F. The predicted molar refractivity (Wildman–Crippen MR) is 72.2 cm³/mol. The van der Waals surface area contributed by atoms with Gasteiger partial charge in [-0.1, -0.05) is 6.07 Å². The van der Waals surface area contributed by atoms with E-state index in [1.54, 1.807) is 29.0 Å². The quantitative estimate of drug-likeness (QED) is 0.847. The molecule has 0 atom stereocenters. The molecule has 1 heterocycles. The topological polar surface area (TPSA) is 42.0 Å². The lowest BCUT2D eigenvalue weighted by molar-refractivity contribution is 0.0448. The van der Waals surface area contributed by atoms with Crippen LogP contribution >= 0.6 is 0 Å². The van der Waals surface area contributed by atoms with Crippen LogP contribution in [0.15, 0.2) is 18.2 Å². The molecule has 0 bridgehead atoms. The minimum atomic E-state index is -0.419. The van der Waals surface area contributed by atoms with E-state index in [4.69, 9.17) is 9.47 Å². The summed E-state index contributed by atoms with van der Waals surface area (Å²) in [5.41, 5.74) is 0.729. The predicted octanol–water partition coefficient (Wildman–Crippen LogP) is 1.72. The highest BCUT2D eigenvalue weighted by Crippen LogP contribution is 2.18. The van der Waals surface area contributed by atoms with Crippen molar-refractivity contribution in [1.82, 2.24) is 9.80 Å². The van der Waals surface area contributed by atoms with Gasteiger partial charge < -0.3 is 19.3 Å². The first kappa shape index (κ1) is 14.6. The molecule has 0 spiro atoms. The van der Waals surface area contributed by atoms with Crippen LogP contribution in [-0.4, -0.2) is 56.3 Å². The molecule has 0 unspecified atom stereocenters. The van der Waals surface area contributed by atoms with E-state index in [-0.39, 0.29) is 11.8 Å². The van der Waals surface area contributed by atoms with Gasteiger partial charge >= 0.3 is 6.03 Å². The van der Waals surface area contributed by atoms with E-state index in [1.165, 1.54) is 13.2 Å². The Balaban J connectivity index is 1.98. The summed E-state index contributed by atoms with van der Waals surface area (Å²) in [4.78, 5) is 15.5. The summed E-state index contributed by atoms with van der Waals surface area (Å²) in [5, 5.41) is 0. The molecule has 1 fully saturated rings. The number of nitrogens with zero attached hydrogens (tertiary/aromatic N) is 2. The number of benzene rings is 1. The van der Waals surface area contributed by atoms with Crippen molar-refractivity contribution in [2.45, 2.75) is 6.54 Å². The molecule has 0 N–H and O–H groups in total. The number of ether oxygens (including phenoxy) is 2. The van der Waals surface area contributed by atoms with Crippen molar-refractivity contribution in [3.05, 3.63) is 29.6 Å². The highest BCUT2D eigenvalue weighted by atomic mass is 19.1. The average molecular weight is 282 g/mol. The van der Waals surface area contributed by atoms with Gasteiger partial charge in [0.05, 0.1) is 20.3 Å². The fourth-order valence-corrected chi connectivity index (χ4v) is 2.15. The van der Waals surface area contributed by atoms with Crippen molar-refractivity contribution in [3.63, 3.8) is 0 Å². The second kappa shape index (κ2) is 6.56. The Hall–Kier alpha value is -1.82. The van der Waals surface area contributed by atoms with Gasteiger partial charge in [0.15, 0.2) is 11.6 Å². The van der Waals surface area contributed by atoms with Crippen LogP contribution in [-0.2, 0) is 11.3 Å². The van der Waals surface area contributed by atoms with Crippen molar-refractivity contribution < 1.29 is 18.7 Å². The maximum Gasteiger partial charge on any atom is 0.320 e. The largest absolute Gasteiger partial charge is 0.494 e. The summed E-state index contributed by atoms with van der Waals surface area (Å²) in [7, 11) is 3.13. The number of urea groups is 1. The number of carbonyl (C=O) groups is 1. The normalized spacial score (nSPS) is 15.1. The zero-order valence-electron chi connectivity index (χ0n) is 11.8. The van der Waals surface area contributed by atoms with Gasteiger partial charge in [-0.15, -0.1) is 0 Å². The number of halogens is 1. The summed E-state index contributed by atoms with van der Waals surface area (Å²) in [6.07, 6.45) is 0.